The maximum Gasteiger partial charge on any atom is 0.422 e. The Labute approximate surface area is 120 Å². The van der Waals surface area contributed by atoms with Gasteiger partial charge in [0.1, 0.15) is 0 Å². The first-order chi connectivity index (χ1) is 9.36. The van der Waals surface area contributed by atoms with Crippen LogP contribution < -0.4 is 4.72 Å². The number of hydrogen-bond acceptors (Lipinski definition) is 5. The number of nitrogens with zero attached hydrogens (tertiary/aromatic N) is 1. The minimum atomic E-state index is -3.98. The molecular formula is C12H24N2O5S. The van der Waals surface area contributed by atoms with Gasteiger partial charge in [-0.25, -0.2) is 9.52 Å². The second-order valence-corrected chi connectivity index (χ2v) is 6.81. The minimum Gasteiger partial charge on any atom is -0.446 e. The Morgan fingerprint density at radius 3 is 2.45 bits per heavy atom. The summed E-state index contributed by atoms with van der Waals surface area (Å²) in [5.74, 6) is 0. The van der Waals surface area contributed by atoms with Crippen molar-refractivity contribution in [1.82, 2.24) is 9.03 Å². The van der Waals surface area contributed by atoms with Crippen molar-refractivity contribution in [1.29, 1.82) is 0 Å². The first-order valence-electron chi connectivity index (χ1n) is 6.98. The van der Waals surface area contributed by atoms with Crippen LogP contribution in [0.5, 0.6) is 0 Å². The van der Waals surface area contributed by atoms with Crippen LogP contribution in [0.25, 0.3) is 0 Å². The number of nitrogens with one attached hydrogen (secondary N) is 1. The van der Waals surface area contributed by atoms with Gasteiger partial charge in [0.25, 0.3) is 0 Å². The van der Waals surface area contributed by atoms with Crippen molar-refractivity contribution in [2.24, 2.45) is 0 Å². The van der Waals surface area contributed by atoms with Gasteiger partial charge >= 0.3 is 16.3 Å². The Morgan fingerprint density at radius 1 is 1.35 bits per heavy atom. The number of ether oxygens (including phenoxy) is 1. The molecule has 8 heteroatoms. The molecule has 0 aromatic rings. The van der Waals surface area contributed by atoms with Crippen molar-refractivity contribution in [2.75, 3.05) is 13.2 Å². The molecule has 0 aliphatic heterocycles. The van der Waals surface area contributed by atoms with E-state index in [0.29, 0.717) is 0 Å². The van der Waals surface area contributed by atoms with Crippen LogP contribution in [0.15, 0.2) is 0 Å². The van der Waals surface area contributed by atoms with E-state index in [1.807, 2.05) is 4.72 Å². The van der Waals surface area contributed by atoms with E-state index in [-0.39, 0.29) is 19.2 Å². The third-order valence-electron chi connectivity index (χ3n) is 3.17. The zero-order valence-electron chi connectivity index (χ0n) is 12.0. The summed E-state index contributed by atoms with van der Waals surface area (Å²) in [5.41, 5.74) is 0. The summed E-state index contributed by atoms with van der Waals surface area (Å²) in [6.07, 6.45) is 3.12. The highest BCUT2D eigenvalue weighted by Gasteiger charge is 2.32. The quantitative estimate of drug-likeness (QED) is 0.763. The zero-order valence-corrected chi connectivity index (χ0v) is 12.9. The Bertz CT molecular complexity index is 404. The van der Waals surface area contributed by atoms with Crippen LogP contribution in [-0.2, 0) is 14.9 Å². The molecule has 0 unspecified atom stereocenters. The first-order valence-corrected chi connectivity index (χ1v) is 8.42. The van der Waals surface area contributed by atoms with E-state index in [0.717, 1.165) is 32.1 Å². The molecule has 7 nitrogen and oxygen atoms in total. The van der Waals surface area contributed by atoms with Gasteiger partial charge in [-0.2, -0.15) is 12.7 Å². The van der Waals surface area contributed by atoms with Gasteiger partial charge in [0, 0.05) is 12.6 Å². The largest absolute Gasteiger partial charge is 0.446 e. The van der Waals surface area contributed by atoms with Crippen molar-refractivity contribution >= 4 is 16.3 Å². The van der Waals surface area contributed by atoms with E-state index in [2.05, 4.69) is 0 Å². The second kappa shape index (κ2) is 7.80. The van der Waals surface area contributed by atoms with Crippen molar-refractivity contribution in [3.8, 4) is 0 Å². The molecule has 0 radical (unpaired) electrons. The molecule has 0 atom stereocenters. The van der Waals surface area contributed by atoms with Crippen molar-refractivity contribution in [2.45, 2.75) is 58.1 Å². The van der Waals surface area contributed by atoms with Gasteiger partial charge in [0.15, 0.2) is 0 Å². The van der Waals surface area contributed by atoms with E-state index in [4.69, 9.17) is 9.84 Å². The number of rotatable bonds is 6. The Kier molecular flexibility index (Phi) is 6.70. The van der Waals surface area contributed by atoms with Gasteiger partial charge in [-0.05, 0) is 26.7 Å². The Balaban J connectivity index is 2.74. The molecule has 20 heavy (non-hydrogen) atoms. The lowest BCUT2D eigenvalue weighted by Gasteiger charge is -2.32. The highest BCUT2D eigenvalue weighted by atomic mass is 32.2. The predicted octanol–water partition coefficient (Wildman–Crippen LogP) is 0.993. The predicted molar refractivity (Wildman–Crippen MR) is 74.3 cm³/mol. The van der Waals surface area contributed by atoms with Crippen LogP contribution in [0.1, 0.15) is 46.0 Å². The van der Waals surface area contributed by atoms with E-state index in [9.17, 15) is 13.2 Å². The van der Waals surface area contributed by atoms with Gasteiger partial charge in [-0.15, -0.1) is 0 Å². The van der Waals surface area contributed by atoms with Crippen molar-refractivity contribution in [3.05, 3.63) is 0 Å². The van der Waals surface area contributed by atoms with Gasteiger partial charge in [0.2, 0.25) is 0 Å². The number of carbonyl (C=O) groups excluding carboxylic acids is 1. The van der Waals surface area contributed by atoms with E-state index in [1.165, 1.54) is 4.31 Å². The van der Waals surface area contributed by atoms with Crippen LogP contribution in [0, 0.1) is 0 Å². The highest BCUT2D eigenvalue weighted by molar-refractivity contribution is 7.87. The van der Waals surface area contributed by atoms with Gasteiger partial charge in [-0.3, -0.25) is 0 Å². The molecule has 0 saturated heterocycles. The van der Waals surface area contributed by atoms with Crippen LogP contribution >= 0.6 is 0 Å². The number of aliphatic hydroxyl groups is 1. The average molecular weight is 308 g/mol. The topological polar surface area (TPSA) is 95.9 Å². The summed E-state index contributed by atoms with van der Waals surface area (Å²) in [6, 6.07) is -0.166. The number of carbonyl (C=O) groups is 1. The fraction of sp³-hybridized carbons (Fsp3) is 0.917. The third kappa shape index (κ3) is 5.26. The van der Waals surface area contributed by atoms with Gasteiger partial charge in [0.05, 0.1) is 12.7 Å². The molecule has 0 heterocycles. The molecule has 118 valence electrons. The molecule has 1 rings (SSSR count). The summed E-state index contributed by atoms with van der Waals surface area (Å²) in [5, 5.41) is 9.06. The summed E-state index contributed by atoms with van der Waals surface area (Å²) in [7, 11) is -3.98. The third-order valence-corrected chi connectivity index (χ3v) is 4.69. The molecule has 1 fully saturated rings. The fourth-order valence-electron chi connectivity index (χ4n) is 2.37. The molecule has 1 amide bonds. The van der Waals surface area contributed by atoms with Crippen molar-refractivity contribution < 1.29 is 23.1 Å². The van der Waals surface area contributed by atoms with Gasteiger partial charge < -0.3 is 9.84 Å². The van der Waals surface area contributed by atoms with E-state index in [1.54, 1.807) is 13.8 Å². The molecular weight excluding hydrogens is 284 g/mol. The summed E-state index contributed by atoms with van der Waals surface area (Å²) in [4.78, 5) is 11.5. The standard InChI is InChI=1S/C12H24N2O5S/c1-10(2)19-12(16)13-20(17,18)14(8-9-15)11-6-4-3-5-7-11/h10-11,15H,3-9H2,1-2H3,(H,13,16). The maximum absolute atomic E-state index is 12.2. The molecule has 2 N–H and O–H groups in total. The molecule has 1 aliphatic rings. The number of amides is 1. The first kappa shape index (κ1) is 17.2. The smallest absolute Gasteiger partial charge is 0.422 e. The molecule has 0 spiro atoms. The van der Waals surface area contributed by atoms with E-state index < -0.39 is 22.4 Å². The SMILES string of the molecule is CC(C)OC(=O)NS(=O)(=O)N(CCO)C1CCCCC1. The fourth-order valence-corrected chi connectivity index (χ4v) is 3.67. The highest BCUT2D eigenvalue weighted by Crippen LogP contribution is 2.24. The second-order valence-electron chi connectivity index (χ2n) is 5.19. The van der Waals surface area contributed by atoms with Crippen LogP contribution in [0.3, 0.4) is 0 Å². The lowest BCUT2D eigenvalue weighted by Crippen LogP contribution is -2.50. The normalized spacial score (nSPS) is 17.4. The number of hydrogen-bond donors (Lipinski definition) is 2. The summed E-state index contributed by atoms with van der Waals surface area (Å²) >= 11 is 0. The maximum atomic E-state index is 12.2. The summed E-state index contributed by atoms with van der Waals surface area (Å²) in [6.45, 7) is 2.98. The van der Waals surface area contributed by atoms with Crippen LogP contribution in [0.2, 0.25) is 0 Å². The van der Waals surface area contributed by atoms with Crippen LogP contribution in [-0.4, -0.2) is 49.2 Å². The van der Waals surface area contributed by atoms with E-state index >= 15 is 0 Å². The molecule has 1 aliphatic carbocycles. The average Bonchev–Trinajstić information content (AvgIpc) is 2.35. The van der Waals surface area contributed by atoms with Crippen LogP contribution in [0.4, 0.5) is 4.79 Å². The Hall–Kier alpha value is -0.860. The lowest BCUT2D eigenvalue weighted by molar-refractivity contribution is 0.120. The zero-order chi connectivity index (χ0) is 15.2. The van der Waals surface area contributed by atoms with Gasteiger partial charge in [-0.1, -0.05) is 19.3 Å². The molecule has 0 aromatic carbocycles. The van der Waals surface area contributed by atoms with Crippen molar-refractivity contribution in [3.63, 3.8) is 0 Å². The molecule has 1 saturated carbocycles. The molecule has 0 bridgehead atoms. The monoisotopic (exact) mass is 308 g/mol. The number of aliphatic hydroxyl groups excluding tert-OH is 1. The minimum absolute atomic E-state index is 0.0189. The Morgan fingerprint density at radius 2 is 1.95 bits per heavy atom. The summed E-state index contributed by atoms with van der Waals surface area (Å²) < 4.78 is 32.3. The lowest BCUT2D eigenvalue weighted by atomic mass is 9.95. The molecule has 0 aromatic heterocycles.